The number of hydrogen-bond acceptors (Lipinski definition) is 2. The molecule has 3 nitrogen and oxygen atoms in total. The molecule has 0 radical (unpaired) electrons. The monoisotopic (exact) mass is 338 g/mol. The number of halogens is 1. The lowest BCUT2D eigenvalue weighted by atomic mass is 9.96. The van der Waals surface area contributed by atoms with Crippen LogP contribution in [0.5, 0.6) is 0 Å². The minimum atomic E-state index is -0.454. The van der Waals surface area contributed by atoms with Gasteiger partial charge in [0.2, 0.25) is 0 Å². The second kappa shape index (κ2) is 6.96. The van der Waals surface area contributed by atoms with E-state index in [0.29, 0.717) is 12.1 Å². The second-order valence-corrected chi connectivity index (χ2v) is 7.16. The molecule has 0 aliphatic carbocycles. The average Bonchev–Trinajstić information content (AvgIpc) is 2.85. The van der Waals surface area contributed by atoms with Crippen molar-refractivity contribution in [2.24, 2.45) is 0 Å². The molecule has 2 saturated heterocycles. The molecule has 2 aliphatic heterocycles. The number of hydrogen-bond donors (Lipinski definition) is 1. The number of nitrogens with zero attached hydrogens (tertiary/aromatic N) is 1. The van der Waals surface area contributed by atoms with Crippen LogP contribution in [-0.2, 0) is 6.54 Å². The SMILES string of the molecule is O=C(NC1C[C@H]2CC[C@@H](C1)N2Cc1ccccc1)c1ccccc1F. The highest BCUT2D eigenvalue weighted by Gasteiger charge is 2.41. The normalized spacial score (nSPS) is 25.7. The summed E-state index contributed by atoms with van der Waals surface area (Å²) in [5.74, 6) is -0.747. The van der Waals surface area contributed by atoms with Gasteiger partial charge in [0.1, 0.15) is 5.82 Å². The van der Waals surface area contributed by atoms with Crippen molar-refractivity contribution in [3.05, 3.63) is 71.5 Å². The minimum Gasteiger partial charge on any atom is -0.349 e. The first-order chi connectivity index (χ1) is 12.2. The van der Waals surface area contributed by atoms with Crippen molar-refractivity contribution in [1.82, 2.24) is 10.2 Å². The zero-order valence-corrected chi connectivity index (χ0v) is 14.2. The van der Waals surface area contributed by atoms with Gasteiger partial charge >= 0.3 is 0 Å². The third-order valence-corrected chi connectivity index (χ3v) is 5.55. The van der Waals surface area contributed by atoms with Crippen molar-refractivity contribution in [1.29, 1.82) is 0 Å². The highest BCUT2D eigenvalue weighted by molar-refractivity contribution is 5.94. The fourth-order valence-electron chi connectivity index (χ4n) is 4.35. The highest BCUT2D eigenvalue weighted by Crippen LogP contribution is 2.36. The van der Waals surface area contributed by atoms with Gasteiger partial charge in [-0.3, -0.25) is 9.69 Å². The number of carbonyl (C=O) groups is 1. The zero-order valence-electron chi connectivity index (χ0n) is 14.2. The maximum Gasteiger partial charge on any atom is 0.254 e. The Labute approximate surface area is 147 Å². The Bertz CT molecular complexity index is 735. The maximum atomic E-state index is 13.8. The van der Waals surface area contributed by atoms with E-state index in [9.17, 15) is 9.18 Å². The smallest absolute Gasteiger partial charge is 0.254 e. The Morgan fingerprint density at radius 2 is 1.64 bits per heavy atom. The lowest BCUT2D eigenvalue weighted by Gasteiger charge is -2.39. The van der Waals surface area contributed by atoms with Gasteiger partial charge in [-0.15, -0.1) is 0 Å². The predicted molar refractivity (Wildman–Crippen MR) is 95.7 cm³/mol. The molecule has 1 N–H and O–H groups in total. The van der Waals surface area contributed by atoms with E-state index >= 15 is 0 Å². The van der Waals surface area contributed by atoms with Crippen LogP contribution in [0.3, 0.4) is 0 Å². The fourth-order valence-corrected chi connectivity index (χ4v) is 4.35. The molecule has 1 amide bonds. The Hall–Kier alpha value is -2.20. The third-order valence-electron chi connectivity index (χ3n) is 5.55. The Morgan fingerprint density at radius 1 is 1.00 bits per heavy atom. The third kappa shape index (κ3) is 3.45. The molecule has 0 spiro atoms. The van der Waals surface area contributed by atoms with Crippen LogP contribution in [0.15, 0.2) is 54.6 Å². The van der Waals surface area contributed by atoms with Crippen LogP contribution in [0.2, 0.25) is 0 Å². The lowest BCUT2D eigenvalue weighted by molar-refractivity contribution is 0.0824. The van der Waals surface area contributed by atoms with Gasteiger partial charge < -0.3 is 5.32 Å². The molecule has 2 aliphatic rings. The zero-order chi connectivity index (χ0) is 17.2. The molecular formula is C21H23FN2O. The van der Waals surface area contributed by atoms with Crippen molar-refractivity contribution in [2.45, 2.75) is 50.4 Å². The topological polar surface area (TPSA) is 32.3 Å². The number of carbonyl (C=O) groups excluding carboxylic acids is 1. The van der Waals surface area contributed by atoms with Crippen molar-refractivity contribution in [2.75, 3.05) is 0 Å². The molecule has 0 aromatic heterocycles. The number of piperidine rings is 1. The first-order valence-corrected chi connectivity index (χ1v) is 9.06. The summed E-state index contributed by atoms with van der Waals surface area (Å²) in [7, 11) is 0. The lowest BCUT2D eigenvalue weighted by Crippen LogP contribution is -2.50. The Kier molecular flexibility index (Phi) is 4.53. The second-order valence-electron chi connectivity index (χ2n) is 7.16. The molecule has 4 rings (SSSR count). The van der Waals surface area contributed by atoms with Gasteiger partial charge in [0.15, 0.2) is 0 Å². The van der Waals surface area contributed by atoms with Gasteiger partial charge in [0.05, 0.1) is 5.56 Å². The summed E-state index contributed by atoms with van der Waals surface area (Å²) in [6.45, 7) is 0.976. The first kappa shape index (κ1) is 16.3. The average molecular weight is 338 g/mol. The van der Waals surface area contributed by atoms with Crippen molar-refractivity contribution in [3.63, 3.8) is 0 Å². The summed E-state index contributed by atoms with van der Waals surface area (Å²) in [5, 5.41) is 3.06. The largest absolute Gasteiger partial charge is 0.349 e. The van der Waals surface area contributed by atoms with Crippen LogP contribution in [-0.4, -0.2) is 28.9 Å². The van der Waals surface area contributed by atoms with E-state index in [-0.39, 0.29) is 17.5 Å². The van der Waals surface area contributed by atoms with Gasteiger partial charge in [0.25, 0.3) is 5.91 Å². The molecule has 25 heavy (non-hydrogen) atoms. The van der Waals surface area contributed by atoms with E-state index in [0.717, 1.165) is 19.4 Å². The maximum absolute atomic E-state index is 13.8. The van der Waals surface area contributed by atoms with E-state index in [1.165, 1.54) is 24.5 Å². The standard InChI is InChI=1S/C21H23FN2O/c22-20-9-5-4-8-19(20)21(25)23-16-12-17-10-11-18(13-16)24(17)14-15-6-2-1-3-7-15/h1-9,16-18H,10-14H2,(H,23,25)/t16?,17-,18+. The molecule has 130 valence electrons. The summed E-state index contributed by atoms with van der Waals surface area (Å²) < 4.78 is 13.8. The molecule has 2 aromatic carbocycles. The molecular weight excluding hydrogens is 315 g/mol. The number of amides is 1. The van der Waals surface area contributed by atoms with Crippen molar-refractivity contribution >= 4 is 5.91 Å². The fraction of sp³-hybridized carbons (Fsp3) is 0.381. The number of rotatable bonds is 4. The van der Waals surface area contributed by atoms with E-state index < -0.39 is 5.82 Å². The summed E-state index contributed by atoms with van der Waals surface area (Å²) in [4.78, 5) is 15.0. The van der Waals surface area contributed by atoms with Gasteiger partial charge in [-0.05, 0) is 43.4 Å². The molecule has 2 heterocycles. The molecule has 1 unspecified atom stereocenters. The molecule has 2 aromatic rings. The summed E-state index contributed by atoms with van der Waals surface area (Å²) >= 11 is 0. The minimum absolute atomic E-state index is 0.136. The van der Waals surface area contributed by atoms with Gasteiger partial charge in [-0.25, -0.2) is 4.39 Å². The van der Waals surface area contributed by atoms with Crippen molar-refractivity contribution < 1.29 is 9.18 Å². The first-order valence-electron chi connectivity index (χ1n) is 9.06. The quantitative estimate of drug-likeness (QED) is 0.921. The number of benzene rings is 2. The van der Waals surface area contributed by atoms with Crippen LogP contribution >= 0.6 is 0 Å². The van der Waals surface area contributed by atoms with Crippen LogP contribution in [0.1, 0.15) is 41.6 Å². The Balaban J connectivity index is 1.40. The van der Waals surface area contributed by atoms with E-state index in [1.54, 1.807) is 18.2 Å². The molecule has 3 atom stereocenters. The van der Waals surface area contributed by atoms with E-state index in [1.807, 2.05) is 6.07 Å². The van der Waals surface area contributed by atoms with Crippen LogP contribution in [0, 0.1) is 5.82 Å². The highest BCUT2D eigenvalue weighted by atomic mass is 19.1. The van der Waals surface area contributed by atoms with Crippen molar-refractivity contribution in [3.8, 4) is 0 Å². The number of nitrogens with one attached hydrogen (secondary N) is 1. The van der Waals surface area contributed by atoms with E-state index in [4.69, 9.17) is 0 Å². The number of fused-ring (bicyclic) bond motifs is 2. The van der Waals surface area contributed by atoms with Crippen LogP contribution < -0.4 is 5.32 Å². The summed E-state index contributed by atoms with van der Waals surface area (Å²) in [5.41, 5.74) is 1.48. The van der Waals surface area contributed by atoms with Crippen LogP contribution in [0.4, 0.5) is 4.39 Å². The molecule has 2 bridgehead atoms. The summed E-state index contributed by atoms with van der Waals surface area (Å²) in [6.07, 6.45) is 4.26. The predicted octanol–water partition coefficient (Wildman–Crippen LogP) is 3.75. The van der Waals surface area contributed by atoms with Gasteiger partial charge in [0, 0.05) is 24.7 Å². The summed E-state index contributed by atoms with van der Waals surface area (Å²) in [6, 6.07) is 17.9. The van der Waals surface area contributed by atoms with E-state index in [2.05, 4.69) is 34.5 Å². The molecule has 0 saturated carbocycles. The van der Waals surface area contributed by atoms with Crippen LogP contribution in [0.25, 0.3) is 0 Å². The molecule has 2 fully saturated rings. The van der Waals surface area contributed by atoms with Gasteiger partial charge in [-0.1, -0.05) is 42.5 Å². The van der Waals surface area contributed by atoms with Gasteiger partial charge in [-0.2, -0.15) is 0 Å². The Morgan fingerprint density at radius 3 is 2.32 bits per heavy atom. The molecule has 4 heteroatoms.